The highest BCUT2D eigenvalue weighted by Crippen LogP contribution is 2.45. The van der Waals surface area contributed by atoms with E-state index < -0.39 is 0 Å². The molecule has 2 aliphatic rings. The first-order valence-corrected chi connectivity index (χ1v) is 12.8. The van der Waals surface area contributed by atoms with Crippen LogP contribution >= 0.6 is 11.3 Å². The van der Waals surface area contributed by atoms with Gasteiger partial charge in [-0.3, -0.25) is 0 Å². The first-order valence-electron chi connectivity index (χ1n) is 11.9. The lowest BCUT2D eigenvalue weighted by Crippen LogP contribution is -2.34. The molecule has 2 bridgehead atoms. The van der Waals surface area contributed by atoms with E-state index in [-0.39, 0.29) is 0 Å². The number of thiophene rings is 1. The molecule has 0 amide bonds. The molecule has 1 aromatic carbocycles. The number of hydrogen-bond donors (Lipinski definition) is 2. The van der Waals surface area contributed by atoms with Crippen molar-refractivity contribution in [3.8, 4) is 0 Å². The van der Waals surface area contributed by atoms with Gasteiger partial charge in [0.05, 0.1) is 10.6 Å². The summed E-state index contributed by atoms with van der Waals surface area (Å²) in [6, 6.07) is 13.3. The van der Waals surface area contributed by atoms with Crippen molar-refractivity contribution in [3.63, 3.8) is 0 Å². The highest BCUT2D eigenvalue weighted by Gasteiger charge is 2.39. The van der Waals surface area contributed by atoms with Gasteiger partial charge in [-0.1, -0.05) is 19.4 Å². The summed E-state index contributed by atoms with van der Waals surface area (Å²) in [5.41, 5.74) is 8.34. The number of rotatable bonds is 8. The van der Waals surface area contributed by atoms with Crippen LogP contribution in [0.1, 0.15) is 50.3 Å². The molecule has 5 heteroatoms. The summed E-state index contributed by atoms with van der Waals surface area (Å²) in [7, 11) is 0. The Morgan fingerprint density at radius 1 is 1.19 bits per heavy atom. The van der Waals surface area contributed by atoms with Crippen LogP contribution in [0.5, 0.6) is 0 Å². The van der Waals surface area contributed by atoms with Crippen molar-refractivity contribution >= 4 is 33.8 Å². The van der Waals surface area contributed by atoms with Crippen LogP contribution in [-0.2, 0) is 6.54 Å². The van der Waals surface area contributed by atoms with E-state index in [4.69, 9.17) is 5.73 Å². The number of nitrogens with one attached hydrogen (secondary N) is 1. The molecular weight excluding hydrogens is 400 g/mol. The van der Waals surface area contributed by atoms with E-state index in [1.807, 2.05) is 17.5 Å². The molecule has 0 aliphatic heterocycles. The Morgan fingerprint density at radius 2 is 2.13 bits per heavy atom. The summed E-state index contributed by atoms with van der Waals surface area (Å²) < 4.78 is 2.37. The summed E-state index contributed by atoms with van der Waals surface area (Å²) in [6.45, 7) is 4.53. The van der Waals surface area contributed by atoms with Gasteiger partial charge < -0.3 is 15.6 Å². The smallest absolute Gasteiger partial charge is 0.141 e. The third kappa shape index (κ3) is 4.58. The predicted octanol–water partition coefficient (Wildman–Crippen LogP) is 5.93. The molecule has 2 aliphatic carbocycles. The van der Waals surface area contributed by atoms with Gasteiger partial charge in [0.25, 0.3) is 0 Å². The first-order chi connectivity index (χ1) is 15.2. The van der Waals surface area contributed by atoms with Crippen molar-refractivity contribution in [3.05, 3.63) is 52.9 Å². The largest absolute Gasteiger partial charge is 0.383 e. The van der Waals surface area contributed by atoms with Crippen LogP contribution < -0.4 is 11.1 Å². The second-order valence-corrected chi connectivity index (χ2v) is 10.4. The molecule has 31 heavy (non-hydrogen) atoms. The van der Waals surface area contributed by atoms with E-state index in [1.54, 1.807) is 11.3 Å². The Balaban J connectivity index is 1.16. The molecule has 2 aromatic heterocycles. The molecule has 4 unspecified atom stereocenters. The topological polar surface area (TPSA) is 55.3 Å². The average molecular weight is 435 g/mol. The first kappa shape index (κ1) is 20.8. The van der Waals surface area contributed by atoms with Gasteiger partial charge in [0, 0.05) is 29.7 Å². The molecule has 0 radical (unpaired) electrons. The Morgan fingerprint density at radius 3 is 2.97 bits per heavy atom. The van der Waals surface area contributed by atoms with Gasteiger partial charge in [0.2, 0.25) is 0 Å². The zero-order valence-corrected chi connectivity index (χ0v) is 19.3. The van der Waals surface area contributed by atoms with Crippen LogP contribution in [0.15, 0.2) is 53.0 Å². The van der Waals surface area contributed by atoms with Crippen LogP contribution in [0.2, 0.25) is 0 Å². The van der Waals surface area contributed by atoms with Gasteiger partial charge in [0.1, 0.15) is 5.84 Å². The van der Waals surface area contributed by atoms with Crippen LogP contribution in [0.3, 0.4) is 0 Å². The lowest BCUT2D eigenvalue weighted by atomic mass is 9.79. The minimum atomic E-state index is 0.585. The van der Waals surface area contributed by atoms with Gasteiger partial charge >= 0.3 is 0 Å². The van der Waals surface area contributed by atoms with E-state index in [2.05, 4.69) is 52.3 Å². The van der Waals surface area contributed by atoms with Crippen LogP contribution in [0.4, 0.5) is 5.69 Å². The molecule has 3 aromatic rings. The maximum Gasteiger partial charge on any atom is 0.141 e. The summed E-state index contributed by atoms with van der Waals surface area (Å²) in [5.74, 6) is 3.48. The van der Waals surface area contributed by atoms with Gasteiger partial charge in [0.15, 0.2) is 0 Å². The SMILES string of the molecule is CCC1CC2CC(C1)C(NCCCn1ccc3cc(N=C(N)c4cccs4)ccc31)C2. The van der Waals surface area contributed by atoms with Crippen molar-refractivity contribution in [1.82, 2.24) is 9.88 Å². The van der Waals surface area contributed by atoms with E-state index in [0.29, 0.717) is 5.84 Å². The van der Waals surface area contributed by atoms with E-state index in [9.17, 15) is 0 Å². The van der Waals surface area contributed by atoms with Gasteiger partial charge in [-0.05, 0) is 92.1 Å². The molecule has 2 fully saturated rings. The fourth-order valence-electron chi connectivity index (χ4n) is 5.88. The second-order valence-electron chi connectivity index (χ2n) is 9.48. The fraction of sp³-hybridized carbons (Fsp3) is 0.500. The van der Waals surface area contributed by atoms with Crippen LogP contribution in [-0.4, -0.2) is 23.0 Å². The van der Waals surface area contributed by atoms with Crippen molar-refractivity contribution < 1.29 is 0 Å². The second kappa shape index (κ2) is 9.17. The Labute approximate surface area is 189 Å². The minimum absolute atomic E-state index is 0.585. The summed E-state index contributed by atoms with van der Waals surface area (Å²) >= 11 is 1.62. The Bertz CT molecular complexity index is 1040. The van der Waals surface area contributed by atoms with Crippen molar-refractivity contribution in [2.45, 2.75) is 58.0 Å². The van der Waals surface area contributed by atoms with Crippen LogP contribution in [0.25, 0.3) is 10.9 Å². The number of aliphatic imine (C=N–C) groups is 1. The molecule has 2 heterocycles. The van der Waals surface area contributed by atoms with E-state index in [0.717, 1.165) is 47.4 Å². The van der Waals surface area contributed by atoms with Crippen molar-refractivity contribution in [2.24, 2.45) is 28.5 Å². The number of aromatic nitrogens is 1. The average Bonchev–Trinajstić information content (AvgIpc) is 3.51. The summed E-state index contributed by atoms with van der Waals surface area (Å²) in [4.78, 5) is 5.62. The predicted molar refractivity (Wildman–Crippen MR) is 132 cm³/mol. The van der Waals surface area contributed by atoms with Gasteiger partial charge in [-0.25, -0.2) is 4.99 Å². The van der Waals surface area contributed by atoms with Gasteiger partial charge in [-0.2, -0.15) is 0 Å². The summed E-state index contributed by atoms with van der Waals surface area (Å²) in [6.07, 6.45) is 10.5. The number of benzene rings is 1. The zero-order valence-electron chi connectivity index (χ0n) is 18.5. The maximum absolute atomic E-state index is 6.15. The highest BCUT2D eigenvalue weighted by molar-refractivity contribution is 7.12. The highest BCUT2D eigenvalue weighted by atomic mass is 32.1. The lowest BCUT2D eigenvalue weighted by molar-refractivity contribution is 0.243. The third-order valence-electron chi connectivity index (χ3n) is 7.43. The molecule has 0 spiro atoms. The standard InChI is InChI=1S/C26H34N4S/c1-2-18-13-19-15-21(14-18)23(16-19)28-9-4-10-30-11-8-20-17-22(6-7-24(20)30)29-26(27)25-5-3-12-31-25/h3,5-8,11-12,17-19,21,23,28H,2,4,9-10,13-16H2,1H3,(H2,27,29). The molecule has 4 nitrogen and oxygen atoms in total. The Hall–Kier alpha value is -2.11. The molecule has 164 valence electrons. The molecule has 3 N–H and O–H groups in total. The summed E-state index contributed by atoms with van der Waals surface area (Å²) in [5, 5.41) is 7.16. The molecule has 0 saturated heterocycles. The minimum Gasteiger partial charge on any atom is -0.383 e. The quantitative estimate of drug-likeness (QED) is 0.262. The molecular formula is C26H34N4S. The number of amidine groups is 1. The van der Waals surface area contributed by atoms with Gasteiger partial charge in [-0.15, -0.1) is 11.3 Å². The monoisotopic (exact) mass is 434 g/mol. The number of hydrogen-bond acceptors (Lipinski definition) is 3. The zero-order chi connectivity index (χ0) is 21.2. The fourth-order valence-corrected chi connectivity index (χ4v) is 6.51. The number of fused-ring (bicyclic) bond motifs is 3. The lowest BCUT2D eigenvalue weighted by Gasteiger charge is -2.28. The maximum atomic E-state index is 6.15. The normalized spacial score (nSPS) is 26.0. The van der Waals surface area contributed by atoms with E-state index >= 15 is 0 Å². The van der Waals surface area contributed by atoms with E-state index in [1.165, 1.54) is 49.4 Å². The number of aryl methyl sites for hydroxylation is 1. The van der Waals surface area contributed by atoms with Crippen molar-refractivity contribution in [1.29, 1.82) is 0 Å². The third-order valence-corrected chi connectivity index (χ3v) is 8.32. The Kier molecular flexibility index (Phi) is 6.15. The number of nitrogens with two attached hydrogens (primary N) is 1. The number of nitrogens with zero attached hydrogens (tertiary/aromatic N) is 2. The van der Waals surface area contributed by atoms with Crippen LogP contribution in [0, 0.1) is 17.8 Å². The van der Waals surface area contributed by atoms with Crippen molar-refractivity contribution in [2.75, 3.05) is 6.54 Å². The molecule has 5 rings (SSSR count). The molecule has 4 atom stereocenters. The molecule has 2 saturated carbocycles.